The first-order valence-corrected chi connectivity index (χ1v) is 31.8. The summed E-state index contributed by atoms with van der Waals surface area (Å²) >= 11 is 0. The first-order valence-electron chi connectivity index (χ1n) is 30.3. The number of likely N-dealkylation sites (N-methyl/N-ethyl adjacent to an activating group) is 1. The van der Waals surface area contributed by atoms with E-state index in [1.807, 2.05) is 33.3 Å². The minimum atomic E-state index is -4.45. The summed E-state index contributed by atoms with van der Waals surface area (Å²) in [5.74, 6) is -0.531. The number of phosphoric ester groups is 1. The topological polar surface area (TPSA) is 111 Å². The van der Waals surface area contributed by atoms with Crippen LogP contribution in [0.2, 0.25) is 0 Å². The SMILES string of the molecule is CCCCC/C=C\C/C=C\C/C=C\C/C=C\CCCCCCCC(=O)OC(/C=C\CCCCCCCCCCC)C(COP(=O)(O)OCC[N+](C)(C)C)NC(=O)CCCCCCCCC/C=C\CCCCCC. The van der Waals surface area contributed by atoms with E-state index in [-0.39, 0.29) is 31.5 Å². The Labute approximate surface area is 451 Å². The zero-order chi connectivity index (χ0) is 53.6. The lowest BCUT2D eigenvalue weighted by Gasteiger charge is -2.27. The molecule has 0 saturated carbocycles. The molecule has 0 spiro atoms. The smallest absolute Gasteiger partial charge is 0.456 e. The maximum Gasteiger partial charge on any atom is 0.472 e. The van der Waals surface area contributed by atoms with E-state index in [9.17, 15) is 19.0 Å². The van der Waals surface area contributed by atoms with Crippen molar-refractivity contribution in [2.24, 2.45) is 0 Å². The molecule has 0 heterocycles. The molecule has 73 heavy (non-hydrogen) atoms. The fourth-order valence-electron chi connectivity index (χ4n) is 8.39. The van der Waals surface area contributed by atoms with Crippen molar-refractivity contribution >= 4 is 19.7 Å². The number of ether oxygens (including phenoxy) is 1. The highest BCUT2D eigenvalue weighted by molar-refractivity contribution is 7.47. The Balaban J connectivity index is 5.28. The van der Waals surface area contributed by atoms with Gasteiger partial charge in [-0.25, -0.2) is 4.57 Å². The van der Waals surface area contributed by atoms with E-state index in [0.29, 0.717) is 23.9 Å². The molecule has 424 valence electrons. The highest BCUT2D eigenvalue weighted by atomic mass is 31.2. The minimum Gasteiger partial charge on any atom is -0.456 e. The molecule has 0 saturated heterocycles. The lowest BCUT2D eigenvalue weighted by atomic mass is 10.1. The normalized spacial score (nSPS) is 14.2. The molecule has 9 nitrogen and oxygen atoms in total. The van der Waals surface area contributed by atoms with Gasteiger partial charge < -0.3 is 19.4 Å². The van der Waals surface area contributed by atoms with Crippen molar-refractivity contribution in [3.05, 3.63) is 72.9 Å². The van der Waals surface area contributed by atoms with Gasteiger partial charge in [0.1, 0.15) is 19.3 Å². The van der Waals surface area contributed by atoms with Crippen molar-refractivity contribution < 1.29 is 37.3 Å². The molecular weight excluding hydrogens is 928 g/mol. The number of phosphoric acid groups is 1. The molecule has 3 unspecified atom stereocenters. The maximum absolute atomic E-state index is 13.5. The number of nitrogens with one attached hydrogen (secondary N) is 1. The maximum atomic E-state index is 13.5. The van der Waals surface area contributed by atoms with Crippen LogP contribution in [0, 0.1) is 0 Å². The van der Waals surface area contributed by atoms with E-state index in [1.165, 1.54) is 122 Å². The molecule has 10 heteroatoms. The molecule has 2 N–H and O–H groups in total. The molecule has 0 aromatic heterocycles. The summed E-state index contributed by atoms with van der Waals surface area (Å²) in [7, 11) is 1.48. The van der Waals surface area contributed by atoms with Crippen LogP contribution in [-0.4, -0.2) is 74.3 Å². The first kappa shape index (κ1) is 70.5. The van der Waals surface area contributed by atoms with Crippen LogP contribution in [-0.2, 0) is 27.9 Å². The summed E-state index contributed by atoms with van der Waals surface area (Å²) in [6.45, 7) is 6.95. The van der Waals surface area contributed by atoms with Gasteiger partial charge in [-0.1, -0.05) is 222 Å². The highest BCUT2D eigenvalue weighted by Gasteiger charge is 2.30. The fourth-order valence-corrected chi connectivity index (χ4v) is 9.12. The number of carbonyl (C=O) groups excluding carboxylic acids is 2. The summed E-state index contributed by atoms with van der Waals surface area (Å²) < 4.78 is 30.6. The molecule has 0 aliphatic carbocycles. The van der Waals surface area contributed by atoms with Crippen LogP contribution in [0.5, 0.6) is 0 Å². The average molecular weight is 1040 g/mol. The van der Waals surface area contributed by atoms with Crippen LogP contribution < -0.4 is 5.32 Å². The third kappa shape index (κ3) is 54.1. The van der Waals surface area contributed by atoms with Gasteiger partial charge in [-0.15, -0.1) is 0 Å². The van der Waals surface area contributed by atoms with Crippen LogP contribution in [0.15, 0.2) is 72.9 Å². The van der Waals surface area contributed by atoms with Crippen molar-refractivity contribution in [2.75, 3.05) is 40.9 Å². The number of nitrogens with zero attached hydrogens (tertiary/aromatic N) is 1. The second kappa shape index (κ2) is 52.9. The van der Waals surface area contributed by atoms with Crippen molar-refractivity contribution in [1.29, 1.82) is 0 Å². The third-order valence-corrected chi connectivity index (χ3v) is 14.1. The Hall–Kier alpha value is -2.55. The van der Waals surface area contributed by atoms with E-state index in [1.54, 1.807) is 0 Å². The molecule has 0 aliphatic heterocycles. The molecule has 0 aromatic carbocycles. The van der Waals surface area contributed by atoms with Crippen molar-refractivity contribution in [2.45, 2.75) is 277 Å². The minimum absolute atomic E-state index is 0.0339. The number of esters is 1. The number of unbranched alkanes of at least 4 members (excludes halogenated alkanes) is 28. The molecule has 0 fully saturated rings. The molecule has 0 aromatic rings. The monoisotopic (exact) mass is 1040 g/mol. The molecular formula is C63H116N2O7P+. The van der Waals surface area contributed by atoms with Crippen LogP contribution >= 0.6 is 7.82 Å². The lowest BCUT2D eigenvalue weighted by Crippen LogP contribution is -2.47. The Morgan fingerprint density at radius 3 is 1.30 bits per heavy atom. The van der Waals surface area contributed by atoms with Gasteiger partial charge in [0, 0.05) is 12.8 Å². The molecule has 0 aliphatic rings. The second-order valence-electron chi connectivity index (χ2n) is 21.5. The molecule has 1 amide bonds. The van der Waals surface area contributed by atoms with Gasteiger partial charge in [0.25, 0.3) is 0 Å². The molecule has 0 bridgehead atoms. The third-order valence-electron chi connectivity index (χ3n) is 13.1. The van der Waals surface area contributed by atoms with Crippen LogP contribution in [0.1, 0.15) is 265 Å². The molecule has 0 radical (unpaired) electrons. The second-order valence-corrected chi connectivity index (χ2v) is 23.0. The van der Waals surface area contributed by atoms with Gasteiger partial charge in [-0.05, 0) is 102 Å². The van der Waals surface area contributed by atoms with E-state index in [4.69, 9.17) is 13.8 Å². The number of hydrogen-bond acceptors (Lipinski definition) is 6. The molecule has 3 atom stereocenters. The number of quaternary nitrogens is 1. The van der Waals surface area contributed by atoms with Crippen LogP contribution in [0.4, 0.5) is 0 Å². The largest absolute Gasteiger partial charge is 0.472 e. The summed E-state index contributed by atoms with van der Waals surface area (Å²) in [4.78, 5) is 37.6. The van der Waals surface area contributed by atoms with E-state index < -0.39 is 20.0 Å². The number of allylic oxidation sites excluding steroid dienone is 11. The summed E-state index contributed by atoms with van der Waals surface area (Å²) in [6, 6.07) is -0.860. The van der Waals surface area contributed by atoms with E-state index in [2.05, 4.69) is 86.8 Å². The summed E-state index contributed by atoms with van der Waals surface area (Å²) in [6.07, 6.45) is 67.5. The lowest BCUT2D eigenvalue weighted by molar-refractivity contribution is -0.870. The number of amides is 1. The zero-order valence-corrected chi connectivity index (χ0v) is 49.3. The van der Waals surface area contributed by atoms with Gasteiger partial charge in [0.2, 0.25) is 5.91 Å². The van der Waals surface area contributed by atoms with Gasteiger partial charge in [-0.3, -0.25) is 18.6 Å². The summed E-state index contributed by atoms with van der Waals surface area (Å²) in [5, 5.41) is 3.04. The highest BCUT2D eigenvalue weighted by Crippen LogP contribution is 2.43. The number of carbonyl (C=O) groups is 2. The van der Waals surface area contributed by atoms with Crippen molar-refractivity contribution in [3.8, 4) is 0 Å². The van der Waals surface area contributed by atoms with Gasteiger partial charge in [0.15, 0.2) is 0 Å². The predicted molar refractivity (Wildman–Crippen MR) is 314 cm³/mol. The van der Waals surface area contributed by atoms with Gasteiger partial charge in [-0.2, -0.15) is 0 Å². The van der Waals surface area contributed by atoms with Crippen LogP contribution in [0.3, 0.4) is 0 Å². The van der Waals surface area contributed by atoms with E-state index >= 15 is 0 Å². The number of hydrogen-bond donors (Lipinski definition) is 2. The van der Waals surface area contributed by atoms with Gasteiger partial charge >= 0.3 is 13.8 Å². The Bertz CT molecular complexity index is 1480. The van der Waals surface area contributed by atoms with E-state index in [0.717, 1.165) is 103 Å². The number of rotatable bonds is 54. The predicted octanol–water partition coefficient (Wildman–Crippen LogP) is 18.4. The van der Waals surface area contributed by atoms with Gasteiger partial charge in [0.05, 0.1) is 33.8 Å². The standard InChI is InChI=1S/C63H115N2O7P/c1-7-10-13-16-19-22-25-27-29-30-31-32-33-34-36-38-41-44-47-50-53-56-63(67)72-61(54-51-48-45-42-39-24-21-18-15-12-9-3)60(59-71-73(68,69)70-58-57-65(4,5)6)64-62(66)55-52-49-46-43-40-37-35-28-26-23-20-17-14-11-8-2/h19,22-23,26-27,29,31-32,34,36,51,54,60-61H,7-18,20-21,24-25,28,30,33,35,37-50,52-53,55-59H2,1-6H3,(H-,64,66,68,69)/p+1/b22-19-,26-23-,29-27-,32-31-,36-34-,54-51-. The zero-order valence-electron chi connectivity index (χ0n) is 48.4. The Morgan fingerprint density at radius 1 is 0.479 bits per heavy atom. The Kier molecular flexibility index (Phi) is 51.0. The van der Waals surface area contributed by atoms with Crippen molar-refractivity contribution in [1.82, 2.24) is 5.32 Å². The Morgan fingerprint density at radius 2 is 0.836 bits per heavy atom. The summed E-state index contributed by atoms with van der Waals surface area (Å²) in [5.41, 5.74) is 0. The molecule has 0 rings (SSSR count). The van der Waals surface area contributed by atoms with Crippen molar-refractivity contribution in [3.63, 3.8) is 0 Å². The quantitative estimate of drug-likeness (QED) is 0.0205. The first-order chi connectivity index (χ1) is 35.4. The van der Waals surface area contributed by atoms with Crippen LogP contribution in [0.25, 0.3) is 0 Å². The fraction of sp³-hybridized carbons (Fsp3) is 0.778. The average Bonchev–Trinajstić information content (AvgIpc) is 3.35.